The van der Waals surface area contributed by atoms with Crippen LogP contribution in [0.1, 0.15) is 17.7 Å². The molecule has 0 bridgehead atoms. The number of aromatic nitrogens is 4. The second-order valence-corrected chi connectivity index (χ2v) is 10.5. The molecule has 4 aromatic rings. The molecule has 5 rings (SSSR count). The normalized spacial score (nSPS) is 18.9. The molecule has 3 aromatic heterocycles. The third-order valence-electron chi connectivity index (χ3n) is 6.14. The summed E-state index contributed by atoms with van der Waals surface area (Å²) in [6, 6.07) is 13.8. The standard InChI is InChI=1S/C24H23N7O3S/c1-15-2-7-23(26-12-15)28-20-8-9-31(14-22(20)32)35(33,34)18-5-3-16(4-6-18)17-10-19-21(11-25)29-30-24(19)27-13-17/h2-7,10,12-13,20,22,32H,8-9,14H2,1H3,(H,26,28)(H,27,29,30)/t20-,22+/m1/s1. The van der Waals surface area contributed by atoms with Gasteiger partial charge >= 0.3 is 0 Å². The van der Waals surface area contributed by atoms with Gasteiger partial charge in [0.2, 0.25) is 10.0 Å². The van der Waals surface area contributed by atoms with Crippen molar-refractivity contribution in [2.24, 2.45) is 0 Å². The van der Waals surface area contributed by atoms with E-state index in [9.17, 15) is 18.8 Å². The zero-order valence-electron chi connectivity index (χ0n) is 18.9. The van der Waals surface area contributed by atoms with Gasteiger partial charge < -0.3 is 10.4 Å². The Kier molecular flexibility index (Phi) is 5.94. The molecule has 0 unspecified atom stereocenters. The lowest BCUT2D eigenvalue weighted by Gasteiger charge is -2.35. The molecular formula is C24H23N7O3S. The number of H-pyrrole nitrogens is 1. The molecule has 10 nitrogen and oxygen atoms in total. The molecule has 0 aliphatic carbocycles. The molecule has 1 aromatic carbocycles. The summed E-state index contributed by atoms with van der Waals surface area (Å²) >= 11 is 0. The number of hydrogen-bond donors (Lipinski definition) is 3. The molecule has 3 N–H and O–H groups in total. The summed E-state index contributed by atoms with van der Waals surface area (Å²) in [5.74, 6) is 0.650. The van der Waals surface area contributed by atoms with E-state index in [2.05, 4.69) is 25.5 Å². The molecular weight excluding hydrogens is 466 g/mol. The van der Waals surface area contributed by atoms with E-state index in [1.807, 2.05) is 25.1 Å². The summed E-state index contributed by atoms with van der Waals surface area (Å²) in [7, 11) is -3.78. The number of anilines is 1. The predicted molar refractivity (Wildman–Crippen MR) is 130 cm³/mol. The van der Waals surface area contributed by atoms with Crippen LogP contribution in [0.4, 0.5) is 5.82 Å². The molecule has 4 heterocycles. The fourth-order valence-electron chi connectivity index (χ4n) is 4.15. The van der Waals surface area contributed by atoms with E-state index in [-0.39, 0.29) is 29.7 Å². The number of aromatic amines is 1. The highest BCUT2D eigenvalue weighted by Crippen LogP contribution is 2.27. The molecule has 1 aliphatic rings. The number of pyridine rings is 2. The fourth-order valence-corrected chi connectivity index (χ4v) is 5.62. The van der Waals surface area contributed by atoms with Gasteiger partial charge in [0.05, 0.1) is 22.4 Å². The highest BCUT2D eigenvalue weighted by molar-refractivity contribution is 7.89. The van der Waals surface area contributed by atoms with E-state index in [1.165, 1.54) is 4.31 Å². The molecule has 1 saturated heterocycles. The van der Waals surface area contributed by atoms with Gasteiger partial charge in [-0.2, -0.15) is 14.7 Å². The van der Waals surface area contributed by atoms with Gasteiger partial charge in [-0.15, -0.1) is 0 Å². The van der Waals surface area contributed by atoms with Gasteiger partial charge in [0.1, 0.15) is 11.9 Å². The molecule has 1 aliphatic heterocycles. The molecule has 178 valence electrons. The fraction of sp³-hybridized carbons (Fsp3) is 0.250. The smallest absolute Gasteiger partial charge is 0.243 e. The first-order valence-electron chi connectivity index (χ1n) is 11.1. The number of β-amino-alcohol motifs (C(OH)–C–C–N with tert-alkyl or cyclic N) is 1. The van der Waals surface area contributed by atoms with E-state index in [0.717, 1.165) is 16.7 Å². The Hall–Kier alpha value is -3.85. The minimum Gasteiger partial charge on any atom is -0.390 e. The summed E-state index contributed by atoms with van der Waals surface area (Å²) in [5, 5.41) is 30.3. The van der Waals surface area contributed by atoms with Crippen molar-refractivity contribution in [2.45, 2.75) is 30.4 Å². The Morgan fingerprint density at radius 1 is 1.14 bits per heavy atom. The monoisotopic (exact) mass is 489 g/mol. The van der Waals surface area contributed by atoms with Crippen LogP contribution in [-0.4, -0.2) is 63.2 Å². The number of aryl methyl sites for hydroxylation is 1. The largest absolute Gasteiger partial charge is 0.390 e. The van der Waals surface area contributed by atoms with E-state index in [0.29, 0.717) is 23.3 Å². The Morgan fingerprint density at radius 2 is 1.94 bits per heavy atom. The average molecular weight is 490 g/mol. The predicted octanol–water partition coefficient (Wildman–Crippen LogP) is 2.44. The van der Waals surface area contributed by atoms with Gasteiger partial charge in [0, 0.05) is 31.0 Å². The van der Waals surface area contributed by atoms with Crippen LogP contribution in [0.5, 0.6) is 0 Å². The highest BCUT2D eigenvalue weighted by Gasteiger charge is 2.34. The number of aliphatic hydroxyl groups is 1. The van der Waals surface area contributed by atoms with Crippen LogP contribution in [0.15, 0.2) is 59.8 Å². The van der Waals surface area contributed by atoms with Gasteiger partial charge in [-0.25, -0.2) is 18.4 Å². The third-order valence-corrected chi connectivity index (χ3v) is 8.02. The minimum atomic E-state index is -3.78. The number of aliphatic hydroxyl groups excluding tert-OH is 1. The van der Waals surface area contributed by atoms with E-state index >= 15 is 0 Å². The highest BCUT2D eigenvalue weighted by atomic mass is 32.2. The van der Waals surface area contributed by atoms with Crippen molar-refractivity contribution in [3.8, 4) is 17.2 Å². The number of nitrogens with zero attached hydrogens (tertiary/aromatic N) is 5. The maximum absolute atomic E-state index is 13.2. The quantitative estimate of drug-likeness (QED) is 0.387. The van der Waals surface area contributed by atoms with Crippen LogP contribution < -0.4 is 5.32 Å². The second-order valence-electron chi connectivity index (χ2n) is 8.52. The molecule has 35 heavy (non-hydrogen) atoms. The van der Waals surface area contributed by atoms with Crippen molar-refractivity contribution in [3.05, 3.63) is 66.1 Å². The number of fused-ring (bicyclic) bond motifs is 1. The molecule has 0 radical (unpaired) electrons. The number of benzene rings is 1. The maximum atomic E-state index is 13.2. The topological polar surface area (TPSA) is 148 Å². The number of nitrogens with one attached hydrogen (secondary N) is 2. The molecule has 0 saturated carbocycles. The van der Waals surface area contributed by atoms with Crippen LogP contribution >= 0.6 is 0 Å². The van der Waals surface area contributed by atoms with Crippen molar-refractivity contribution in [3.63, 3.8) is 0 Å². The van der Waals surface area contributed by atoms with Gasteiger partial charge in [0.15, 0.2) is 11.3 Å². The van der Waals surface area contributed by atoms with Gasteiger partial charge in [-0.3, -0.25) is 5.10 Å². The number of nitriles is 1. The summed E-state index contributed by atoms with van der Waals surface area (Å²) in [4.78, 5) is 8.73. The molecule has 0 amide bonds. The Morgan fingerprint density at radius 3 is 2.63 bits per heavy atom. The number of rotatable bonds is 5. The van der Waals surface area contributed by atoms with Crippen LogP contribution in [0, 0.1) is 18.3 Å². The van der Waals surface area contributed by atoms with Crippen molar-refractivity contribution in [2.75, 3.05) is 18.4 Å². The lowest BCUT2D eigenvalue weighted by Crippen LogP contribution is -2.51. The Labute approximate surface area is 202 Å². The molecule has 1 fully saturated rings. The number of sulfonamides is 1. The summed E-state index contributed by atoms with van der Waals surface area (Å²) in [5.41, 5.74) is 3.30. The average Bonchev–Trinajstić information content (AvgIpc) is 3.29. The summed E-state index contributed by atoms with van der Waals surface area (Å²) in [6.45, 7) is 2.22. The first kappa shape index (κ1) is 22.9. The van der Waals surface area contributed by atoms with E-state index < -0.39 is 16.1 Å². The van der Waals surface area contributed by atoms with Gasteiger partial charge in [-0.1, -0.05) is 18.2 Å². The molecule has 0 spiro atoms. The lowest BCUT2D eigenvalue weighted by atomic mass is 10.0. The van der Waals surface area contributed by atoms with Crippen LogP contribution in [0.25, 0.3) is 22.2 Å². The van der Waals surface area contributed by atoms with Crippen LogP contribution in [-0.2, 0) is 10.0 Å². The molecule has 2 atom stereocenters. The van der Waals surface area contributed by atoms with Crippen molar-refractivity contribution in [1.29, 1.82) is 5.26 Å². The maximum Gasteiger partial charge on any atom is 0.243 e. The van der Waals surface area contributed by atoms with Crippen molar-refractivity contribution < 1.29 is 13.5 Å². The zero-order valence-corrected chi connectivity index (χ0v) is 19.7. The SMILES string of the molecule is Cc1ccc(N[C@@H]2CCN(S(=O)(=O)c3ccc(-c4cnc5[nH]nc(C#N)c5c4)cc3)C[C@@H]2O)nc1. The Balaban J connectivity index is 1.30. The van der Waals surface area contributed by atoms with Gasteiger partial charge in [0.25, 0.3) is 0 Å². The summed E-state index contributed by atoms with van der Waals surface area (Å²) < 4.78 is 27.8. The summed E-state index contributed by atoms with van der Waals surface area (Å²) in [6.07, 6.45) is 2.96. The van der Waals surface area contributed by atoms with E-state index in [1.54, 1.807) is 42.7 Å². The third kappa shape index (κ3) is 4.46. The Bertz CT molecular complexity index is 1510. The van der Waals surface area contributed by atoms with Crippen molar-refractivity contribution in [1.82, 2.24) is 24.5 Å². The number of piperidine rings is 1. The first-order valence-corrected chi connectivity index (χ1v) is 12.5. The number of hydrogen-bond acceptors (Lipinski definition) is 8. The van der Waals surface area contributed by atoms with Crippen LogP contribution in [0.2, 0.25) is 0 Å². The lowest BCUT2D eigenvalue weighted by molar-refractivity contribution is 0.0949. The van der Waals surface area contributed by atoms with Gasteiger partial charge in [-0.05, 0) is 48.7 Å². The molecule has 11 heteroatoms. The van der Waals surface area contributed by atoms with E-state index in [4.69, 9.17) is 0 Å². The minimum absolute atomic E-state index is 0.00831. The first-order chi connectivity index (χ1) is 16.8. The van der Waals surface area contributed by atoms with Crippen molar-refractivity contribution >= 4 is 26.9 Å². The van der Waals surface area contributed by atoms with Crippen LogP contribution in [0.3, 0.4) is 0 Å². The second kappa shape index (κ2) is 9.07. The zero-order chi connectivity index (χ0) is 24.6.